The fourth-order valence-electron chi connectivity index (χ4n) is 1.42. The Morgan fingerprint density at radius 3 is 3.00 bits per heavy atom. The van der Waals surface area contributed by atoms with E-state index in [1.165, 1.54) is 6.08 Å². The molecule has 92 valence electrons. The van der Waals surface area contributed by atoms with Gasteiger partial charge in [-0.05, 0) is 37.0 Å². The van der Waals surface area contributed by atoms with Gasteiger partial charge in [0.2, 0.25) is 5.91 Å². The minimum atomic E-state index is -0.0750. The summed E-state index contributed by atoms with van der Waals surface area (Å²) >= 11 is 1.71. The third kappa shape index (κ3) is 5.45. The van der Waals surface area contributed by atoms with Crippen molar-refractivity contribution in [1.82, 2.24) is 5.32 Å². The molecule has 17 heavy (non-hydrogen) atoms. The molecule has 0 saturated heterocycles. The molecule has 0 spiro atoms. The Kier molecular flexibility index (Phi) is 5.63. The Morgan fingerprint density at radius 1 is 1.59 bits per heavy atom. The number of nitrogens with one attached hydrogen (secondary N) is 1. The van der Waals surface area contributed by atoms with Crippen molar-refractivity contribution in [3.05, 3.63) is 35.9 Å². The van der Waals surface area contributed by atoms with Crippen LogP contribution in [-0.2, 0) is 4.79 Å². The smallest absolute Gasteiger partial charge is 0.244 e. The Bertz CT molecular complexity index is 404. The number of hydrogen-bond donors (Lipinski definition) is 2. The molecule has 4 heteroatoms. The number of rotatable bonds is 5. The van der Waals surface area contributed by atoms with Gasteiger partial charge in [0.1, 0.15) is 0 Å². The third-order valence-corrected chi connectivity index (χ3v) is 2.98. The summed E-state index contributed by atoms with van der Waals surface area (Å²) in [4.78, 5) is 11.5. The number of thioether (sulfide) groups is 1. The zero-order chi connectivity index (χ0) is 12.7. The zero-order valence-electron chi connectivity index (χ0n) is 10.1. The van der Waals surface area contributed by atoms with Gasteiger partial charge in [-0.3, -0.25) is 4.79 Å². The van der Waals surface area contributed by atoms with Gasteiger partial charge in [-0.25, -0.2) is 0 Å². The summed E-state index contributed by atoms with van der Waals surface area (Å²) in [6, 6.07) is 7.60. The Hall–Kier alpha value is -1.42. The van der Waals surface area contributed by atoms with Crippen molar-refractivity contribution in [3.63, 3.8) is 0 Å². The second kappa shape index (κ2) is 7.01. The first-order chi connectivity index (χ1) is 8.11. The average molecular weight is 250 g/mol. The molecule has 0 radical (unpaired) electrons. The molecule has 1 atom stereocenters. The highest BCUT2D eigenvalue weighted by atomic mass is 32.2. The molecule has 1 aromatic carbocycles. The van der Waals surface area contributed by atoms with Gasteiger partial charge >= 0.3 is 0 Å². The van der Waals surface area contributed by atoms with Crippen LogP contribution in [0.4, 0.5) is 5.69 Å². The first-order valence-corrected chi connectivity index (χ1v) is 6.84. The number of nitrogen functional groups attached to an aromatic ring is 1. The summed E-state index contributed by atoms with van der Waals surface area (Å²) in [6.45, 7) is 1.99. The van der Waals surface area contributed by atoms with E-state index in [-0.39, 0.29) is 11.9 Å². The van der Waals surface area contributed by atoms with Crippen LogP contribution < -0.4 is 11.1 Å². The summed E-state index contributed by atoms with van der Waals surface area (Å²) in [5.41, 5.74) is 7.27. The topological polar surface area (TPSA) is 55.1 Å². The van der Waals surface area contributed by atoms with Crippen LogP contribution in [0.25, 0.3) is 6.08 Å². The molecule has 0 heterocycles. The molecule has 0 fully saturated rings. The molecule has 1 unspecified atom stereocenters. The molecule has 0 aliphatic carbocycles. The van der Waals surface area contributed by atoms with Crippen LogP contribution in [0, 0.1) is 0 Å². The maximum absolute atomic E-state index is 11.5. The fraction of sp³-hybridized carbons (Fsp3) is 0.308. The highest BCUT2D eigenvalue weighted by molar-refractivity contribution is 7.98. The number of amides is 1. The highest BCUT2D eigenvalue weighted by Gasteiger charge is 2.02. The van der Waals surface area contributed by atoms with Gasteiger partial charge in [-0.15, -0.1) is 0 Å². The molecule has 0 bridgehead atoms. The van der Waals surface area contributed by atoms with Crippen molar-refractivity contribution in [2.45, 2.75) is 13.0 Å². The van der Waals surface area contributed by atoms with Crippen LogP contribution in [0.5, 0.6) is 0 Å². The molecule has 1 aromatic rings. The van der Waals surface area contributed by atoms with Crippen molar-refractivity contribution < 1.29 is 4.79 Å². The second-order valence-electron chi connectivity index (χ2n) is 3.87. The molecular weight excluding hydrogens is 232 g/mol. The minimum Gasteiger partial charge on any atom is -0.399 e. The number of carbonyl (C=O) groups excluding carboxylic acids is 1. The minimum absolute atomic E-state index is 0.0750. The molecule has 0 aromatic heterocycles. The lowest BCUT2D eigenvalue weighted by Gasteiger charge is -2.09. The van der Waals surface area contributed by atoms with E-state index in [9.17, 15) is 4.79 Å². The molecule has 0 aliphatic heterocycles. The van der Waals surface area contributed by atoms with Crippen LogP contribution in [0.3, 0.4) is 0 Å². The van der Waals surface area contributed by atoms with Crippen LogP contribution in [0.15, 0.2) is 30.3 Å². The van der Waals surface area contributed by atoms with Crippen molar-refractivity contribution in [2.24, 2.45) is 0 Å². The molecule has 3 N–H and O–H groups in total. The van der Waals surface area contributed by atoms with Gasteiger partial charge in [0.25, 0.3) is 0 Å². The lowest BCUT2D eigenvalue weighted by molar-refractivity contribution is -0.116. The van der Waals surface area contributed by atoms with E-state index in [1.807, 2.05) is 37.4 Å². The van der Waals surface area contributed by atoms with Crippen molar-refractivity contribution in [1.29, 1.82) is 0 Å². The average Bonchev–Trinajstić information content (AvgIpc) is 2.27. The van der Waals surface area contributed by atoms with Gasteiger partial charge < -0.3 is 11.1 Å². The molecule has 3 nitrogen and oxygen atoms in total. The summed E-state index contributed by atoms with van der Waals surface area (Å²) in [7, 11) is 0. The number of anilines is 1. The first kappa shape index (κ1) is 13.6. The fourth-order valence-corrected chi connectivity index (χ4v) is 2.00. The normalized spacial score (nSPS) is 12.6. The number of benzene rings is 1. The molecule has 1 rings (SSSR count). The maximum atomic E-state index is 11.5. The van der Waals surface area contributed by atoms with E-state index in [2.05, 4.69) is 5.32 Å². The van der Waals surface area contributed by atoms with Crippen LogP contribution in [0.1, 0.15) is 12.5 Å². The van der Waals surface area contributed by atoms with Gasteiger partial charge in [0, 0.05) is 23.6 Å². The standard InChI is InChI=1S/C13H18N2OS/c1-10(9-17-2)15-13(16)7-6-11-4-3-5-12(14)8-11/h3-8,10H,9,14H2,1-2H3,(H,15,16)/b7-6+. The zero-order valence-corrected chi connectivity index (χ0v) is 11.0. The van der Waals surface area contributed by atoms with E-state index in [1.54, 1.807) is 17.8 Å². The van der Waals surface area contributed by atoms with Crippen LogP contribution in [-0.4, -0.2) is 24.0 Å². The molecular formula is C13H18N2OS. The summed E-state index contributed by atoms with van der Waals surface area (Å²) in [5.74, 6) is 0.840. The Balaban J connectivity index is 2.51. The summed E-state index contributed by atoms with van der Waals surface area (Å²) in [6.07, 6.45) is 5.31. The lowest BCUT2D eigenvalue weighted by atomic mass is 10.2. The first-order valence-electron chi connectivity index (χ1n) is 5.45. The Morgan fingerprint density at radius 2 is 2.35 bits per heavy atom. The van der Waals surface area contributed by atoms with E-state index in [4.69, 9.17) is 5.73 Å². The van der Waals surface area contributed by atoms with E-state index in [0.29, 0.717) is 5.69 Å². The molecule has 0 saturated carbocycles. The van der Waals surface area contributed by atoms with Crippen LogP contribution in [0.2, 0.25) is 0 Å². The predicted molar refractivity (Wildman–Crippen MR) is 75.9 cm³/mol. The quantitative estimate of drug-likeness (QED) is 0.622. The van der Waals surface area contributed by atoms with Crippen molar-refractivity contribution in [3.8, 4) is 0 Å². The monoisotopic (exact) mass is 250 g/mol. The van der Waals surface area contributed by atoms with Crippen molar-refractivity contribution in [2.75, 3.05) is 17.7 Å². The molecule has 1 amide bonds. The second-order valence-corrected chi connectivity index (χ2v) is 4.78. The van der Waals surface area contributed by atoms with Crippen molar-refractivity contribution >= 4 is 29.4 Å². The van der Waals surface area contributed by atoms with Gasteiger partial charge in [-0.1, -0.05) is 12.1 Å². The highest BCUT2D eigenvalue weighted by Crippen LogP contribution is 2.07. The summed E-state index contributed by atoms with van der Waals surface area (Å²) < 4.78 is 0. The summed E-state index contributed by atoms with van der Waals surface area (Å²) in [5, 5.41) is 2.89. The number of nitrogens with two attached hydrogens (primary N) is 1. The Labute approximate surface area is 106 Å². The van der Waals surface area contributed by atoms with E-state index < -0.39 is 0 Å². The van der Waals surface area contributed by atoms with Gasteiger partial charge in [0.15, 0.2) is 0 Å². The predicted octanol–water partition coefficient (Wildman–Crippen LogP) is 2.15. The number of hydrogen-bond acceptors (Lipinski definition) is 3. The largest absolute Gasteiger partial charge is 0.399 e. The molecule has 0 aliphatic rings. The third-order valence-electron chi connectivity index (χ3n) is 2.14. The van der Waals surface area contributed by atoms with Crippen LogP contribution >= 0.6 is 11.8 Å². The van der Waals surface area contributed by atoms with E-state index >= 15 is 0 Å². The van der Waals surface area contributed by atoms with Gasteiger partial charge in [0.05, 0.1) is 0 Å². The van der Waals surface area contributed by atoms with E-state index in [0.717, 1.165) is 11.3 Å². The lowest BCUT2D eigenvalue weighted by Crippen LogP contribution is -2.32. The SMILES string of the molecule is CSCC(C)NC(=O)/C=C/c1cccc(N)c1. The maximum Gasteiger partial charge on any atom is 0.244 e. The number of carbonyl (C=O) groups is 1. The van der Waals surface area contributed by atoms with Gasteiger partial charge in [-0.2, -0.15) is 11.8 Å².